The molecule has 35 heavy (non-hydrogen) atoms. The fourth-order valence-corrected chi connectivity index (χ4v) is 6.41. The molecule has 3 heterocycles. The number of nitrogens with one attached hydrogen (secondary N) is 2. The van der Waals surface area contributed by atoms with Gasteiger partial charge in [-0.1, -0.05) is 49.2 Å². The van der Waals surface area contributed by atoms with E-state index in [2.05, 4.69) is 33.7 Å². The van der Waals surface area contributed by atoms with Gasteiger partial charge in [-0.05, 0) is 49.1 Å². The fraction of sp³-hybridized carbons (Fsp3) is 0.379. The number of para-hydroxylation sites is 1. The molecule has 1 unspecified atom stereocenters. The van der Waals surface area contributed by atoms with E-state index in [1.54, 1.807) is 6.26 Å². The first kappa shape index (κ1) is 22.0. The van der Waals surface area contributed by atoms with Gasteiger partial charge in [-0.15, -0.1) is 0 Å². The van der Waals surface area contributed by atoms with Crippen LogP contribution in [0.15, 0.2) is 77.6 Å². The highest BCUT2D eigenvalue weighted by Gasteiger charge is 2.48. The minimum absolute atomic E-state index is 0.0206. The van der Waals surface area contributed by atoms with Crippen molar-refractivity contribution in [2.75, 3.05) is 11.9 Å². The first-order chi connectivity index (χ1) is 17.2. The lowest BCUT2D eigenvalue weighted by molar-refractivity contribution is -0.138. The van der Waals surface area contributed by atoms with Gasteiger partial charge < -0.3 is 20.0 Å². The Kier molecular flexibility index (Phi) is 5.80. The van der Waals surface area contributed by atoms with E-state index in [9.17, 15) is 9.59 Å². The van der Waals surface area contributed by atoms with Gasteiger partial charge in [0.15, 0.2) is 0 Å². The number of amides is 2. The van der Waals surface area contributed by atoms with Crippen LogP contribution in [0.2, 0.25) is 0 Å². The maximum absolute atomic E-state index is 14.1. The second-order valence-corrected chi connectivity index (χ2v) is 10.0. The molecule has 3 aromatic rings. The minimum Gasteiger partial charge on any atom is -0.472 e. The van der Waals surface area contributed by atoms with Crippen molar-refractivity contribution in [3.05, 3.63) is 89.9 Å². The van der Waals surface area contributed by atoms with Gasteiger partial charge in [0.2, 0.25) is 5.91 Å². The number of carbonyl (C=O) groups excluding carboxylic acids is 2. The molecule has 3 aliphatic rings. The van der Waals surface area contributed by atoms with Crippen molar-refractivity contribution in [2.45, 2.75) is 50.2 Å². The molecule has 6 nitrogen and oxygen atoms in total. The maximum Gasteiger partial charge on any atom is 0.251 e. The summed E-state index contributed by atoms with van der Waals surface area (Å²) in [6, 6.07) is 19.6. The molecule has 1 aliphatic carbocycles. The van der Waals surface area contributed by atoms with Gasteiger partial charge in [-0.3, -0.25) is 9.59 Å². The number of hydrogen-bond donors (Lipinski definition) is 2. The molecule has 2 fully saturated rings. The molecule has 180 valence electrons. The van der Waals surface area contributed by atoms with Crippen LogP contribution in [-0.2, 0) is 4.79 Å². The second kappa shape index (κ2) is 9.25. The van der Waals surface area contributed by atoms with Crippen molar-refractivity contribution in [2.24, 2.45) is 11.8 Å². The third kappa shape index (κ3) is 4.01. The predicted molar refractivity (Wildman–Crippen MR) is 134 cm³/mol. The van der Waals surface area contributed by atoms with Gasteiger partial charge in [-0.2, -0.15) is 0 Å². The van der Waals surface area contributed by atoms with Gasteiger partial charge in [-0.25, -0.2) is 0 Å². The van der Waals surface area contributed by atoms with Gasteiger partial charge in [0, 0.05) is 35.3 Å². The molecule has 2 aliphatic heterocycles. The molecule has 0 bridgehead atoms. The first-order valence-corrected chi connectivity index (χ1v) is 12.7. The number of hydrogen-bond acceptors (Lipinski definition) is 4. The van der Waals surface area contributed by atoms with Gasteiger partial charge >= 0.3 is 0 Å². The smallest absolute Gasteiger partial charge is 0.251 e. The maximum atomic E-state index is 14.1. The first-order valence-electron chi connectivity index (χ1n) is 12.7. The summed E-state index contributed by atoms with van der Waals surface area (Å²) in [4.78, 5) is 29.1. The van der Waals surface area contributed by atoms with E-state index in [4.69, 9.17) is 4.42 Å². The van der Waals surface area contributed by atoms with Crippen molar-refractivity contribution in [1.29, 1.82) is 0 Å². The van der Waals surface area contributed by atoms with Crippen LogP contribution in [0.4, 0.5) is 5.69 Å². The van der Waals surface area contributed by atoms with E-state index in [0.29, 0.717) is 5.56 Å². The Balaban J connectivity index is 1.27. The van der Waals surface area contributed by atoms with Crippen molar-refractivity contribution >= 4 is 17.5 Å². The molecule has 0 radical (unpaired) electrons. The molecular weight excluding hydrogens is 438 g/mol. The number of likely N-dealkylation sites (tertiary alicyclic amines) is 1. The lowest BCUT2D eigenvalue weighted by atomic mass is 9.79. The monoisotopic (exact) mass is 469 g/mol. The average molecular weight is 470 g/mol. The molecular formula is C29H31N3O3. The third-order valence-electron chi connectivity index (χ3n) is 8.08. The summed E-state index contributed by atoms with van der Waals surface area (Å²) >= 11 is 0. The van der Waals surface area contributed by atoms with Crippen molar-refractivity contribution in [3.8, 4) is 0 Å². The Morgan fingerprint density at radius 1 is 0.943 bits per heavy atom. The summed E-state index contributed by atoms with van der Waals surface area (Å²) in [5.41, 5.74) is 4.02. The Labute approximate surface area is 205 Å². The molecule has 1 saturated carbocycles. The summed E-state index contributed by atoms with van der Waals surface area (Å²) < 4.78 is 5.40. The number of furan rings is 1. The van der Waals surface area contributed by atoms with Crippen LogP contribution >= 0.6 is 0 Å². The zero-order chi connectivity index (χ0) is 23.8. The fourth-order valence-electron chi connectivity index (χ4n) is 6.41. The Morgan fingerprint density at radius 3 is 2.57 bits per heavy atom. The number of anilines is 1. The standard InChI is InChI=1S/C29H31N3O3/c33-28(19-8-2-1-3-9-19)31-25-13-7-5-11-22(25)29(34)32-16-14-23-26(20-15-17-35-18-20)30-24-12-6-4-10-21(24)27(23)32/h1-4,6,8-10,12,15,17-18,22-23,25-27,30H,5,7,11,13-14,16H2,(H,31,33)/t22-,23+,25+,26-,27?/m0/s1. The van der Waals surface area contributed by atoms with Crippen molar-refractivity contribution in [1.82, 2.24) is 10.2 Å². The van der Waals surface area contributed by atoms with Crippen molar-refractivity contribution < 1.29 is 14.0 Å². The van der Waals surface area contributed by atoms with Crippen LogP contribution < -0.4 is 10.6 Å². The summed E-state index contributed by atoms with van der Waals surface area (Å²) in [6.07, 6.45) is 8.16. The van der Waals surface area contributed by atoms with Crippen molar-refractivity contribution in [3.63, 3.8) is 0 Å². The van der Waals surface area contributed by atoms with Gasteiger partial charge in [0.1, 0.15) is 0 Å². The quantitative estimate of drug-likeness (QED) is 0.542. The molecule has 6 rings (SSSR count). The normalized spacial score (nSPS) is 27.4. The lowest BCUT2D eigenvalue weighted by Gasteiger charge is -2.41. The molecule has 1 saturated heterocycles. The Bertz CT molecular complexity index is 1190. The minimum atomic E-state index is -0.190. The largest absolute Gasteiger partial charge is 0.472 e. The highest BCUT2D eigenvalue weighted by atomic mass is 16.3. The number of nitrogens with zero attached hydrogens (tertiary/aromatic N) is 1. The summed E-state index contributed by atoms with van der Waals surface area (Å²) in [7, 11) is 0. The van der Waals surface area contributed by atoms with Crippen LogP contribution in [0.1, 0.15) is 65.7 Å². The summed E-state index contributed by atoms with van der Waals surface area (Å²) in [5, 5.41) is 6.91. The van der Waals surface area contributed by atoms with Crippen LogP contribution in [0.25, 0.3) is 0 Å². The second-order valence-electron chi connectivity index (χ2n) is 10.0. The number of fused-ring (bicyclic) bond motifs is 3. The molecule has 5 atom stereocenters. The van der Waals surface area contributed by atoms with Crippen LogP contribution in [-0.4, -0.2) is 29.3 Å². The van der Waals surface area contributed by atoms with E-state index < -0.39 is 0 Å². The molecule has 2 amide bonds. The molecule has 2 N–H and O–H groups in total. The third-order valence-corrected chi connectivity index (χ3v) is 8.08. The van der Waals surface area contributed by atoms with Crippen LogP contribution in [0.5, 0.6) is 0 Å². The highest BCUT2D eigenvalue weighted by molar-refractivity contribution is 5.94. The SMILES string of the molecule is O=C(N[C@@H]1CCCC[C@@H]1C(=O)N1CC[C@H]2C1c1ccccc1N[C@H]2c1ccoc1)c1ccccc1. The number of rotatable bonds is 4. The van der Waals surface area contributed by atoms with Gasteiger partial charge in [0.05, 0.1) is 30.5 Å². The molecule has 2 aromatic carbocycles. The Morgan fingerprint density at radius 2 is 1.74 bits per heavy atom. The summed E-state index contributed by atoms with van der Waals surface area (Å²) in [5.74, 6) is 0.164. The number of benzene rings is 2. The van der Waals surface area contributed by atoms with Crippen LogP contribution in [0.3, 0.4) is 0 Å². The zero-order valence-corrected chi connectivity index (χ0v) is 19.7. The van der Waals surface area contributed by atoms with E-state index in [-0.39, 0.29) is 41.8 Å². The van der Waals surface area contributed by atoms with E-state index >= 15 is 0 Å². The highest BCUT2D eigenvalue weighted by Crippen LogP contribution is 2.51. The molecule has 1 aromatic heterocycles. The van der Waals surface area contributed by atoms with Crippen LogP contribution in [0, 0.1) is 11.8 Å². The van der Waals surface area contributed by atoms with E-state index in [0.717, 1.165) is 49.9 Å². The number of carbonyl (C=O) groups is 2. The van der Waals surface area contributed by atoms with E-state index in [1.807, 2.05) is 48.7 Å². The van der Waals surface area contributed by atoms with Gasteiger partial charge in [0.25, 0.3) is 5.91 Å². The lowest BCUT2D eigenvalue weighted by Crippen LogP contribution is -2.50. The Hall–Kier alpha value is -3.54. The average Bonchev–Trinajstić information content (AvgIpc) is 3.60. The zero-order valence-electron chi connectivity index (χ0n) is 19.7. The predicted octanol–water partition coefficient (Wildman–Crippen LogP) is 5.32. The molecule has 6 heteroatoms. The topological polar surface area (TPSA) is 74.6 Å². The van der Waals surface area contributed by atoms with E-state index in [1.165, 1.54) is 5.56 Å². The molecule has 0 spiro atoms. The summed E-state index contributed by atoms with van der Waals surface area (Å²) in [6.45, 7) is 0.731.